The fourth-order valence-corrected chi connectivity index (χ4v) is 4.69. The second-order valence-corrected chi connectivity index (χ2v) is 8.12. The van der Waals surface area contributed by atoms with E-state index in [2.05, 4.69) is 4.72 Å². The van der Waals surface area contributed by atoms with Crippen LogP contribution in [0, 0.1) is 0 Å². The third kappa shape index (κ3) is 2.56. The van der Waals surface area contributed by atoms with Crippen molar-refractivity contribution >= 4 is 38.9 Å². The van der Waals surface area contributed by atoms with Crippen LogP contribution in [0.2, 0.25) is 5.02 Å². The van der Waals surface area contributed by atoms with Crippen molar-refractivity contribution < 1.29 is 13.2 Å². The van der Waals surface area contributed by atoms with Gasteiger partial charge in [0.2, 0.25) is 5.91 Å². The highest BCUT2D eigenvalue weighted by Gasteiger charge is 2.32. The minimum Gasteiger partial charge on any atom is -0.312 e. The van der Waals surface area contributed by atoms with Gasteiger partial charge in [-0.2, -0.15) is 0 Å². The van der Waals surface area contributed by atoms with Gasteiger partial charge in [-0.3, -0.25) is 9.52 Å². The van der Waals surface area contributed by atoms with Gasteiger partial charge in [-0.25, -0.2) is 8.42 Å². The summed E-state index contributed by atoms with van der Waals surface area (Å²) in [5.74, 6) is 0.119. The van der Waals surface area contributed by atoms with Crippen LogP contribution in [0.15, 0.2) is 41.3 Å². The Bertz CT molecular complexity index is 956. The standard InChI is InChI=1S/C17H15ClN2O3S/c18-13-2-1-3-14(10-13)19-24(22,23)15-8-11-4-5-16(21)20-7-6-12(9-15)17(11)20/h1-3,8-10,19H,4-7H2. The molecule has 7 heteroatoms. The Labute approximate surface area is 145 Å². The van der Waals surface area contributed by atoms with Gasteiger partial charge in [-0.1, -0.05) is 17.7 Å². The molecule has 2 aromatic rings. The lowest BCUT2D eigenvalue weighted by Crippen LogP contribution is -2.33. The zero-order chi connectivity index (χ0) is 16.9. The first kappa shape index (κ1) is 15.5. The van der Waals surface area contributed by atoms with E-state index < -0.39 is 10.0 Å². The maximum Gasteiger partial charge on any atom is 0.261 e. The molecule has 1 amide bonds. The van der Waals surface area contributed by atoms with Crippen LogP contribution >= 0.6 is 11.6 Å². The molecule has 0 aliphatic carbocycles. The molecule has 2 aromatic carbocycles. The van der Waals surface area contributed by atoms with Crippen molar-refractivity contribution in [2.24, 2.45) is 0 Å². The molecule has 0 radical (unpaired) electrons. The molecule has 0 saturated heterocycles. The van der Waals surface area contributed by atoms with Crippen LogP contribution in [-0.2, 0) is 27.7 Å². The predicted molar refractivity (Wildman–Crippen MR) is 93.1 cm³/mol. The maximum absolute atomic E-state index is 12.7. The van der Waals surface area contributed by atoms with E-state index in [9.17, 15) is 13.2 Å². The van der Waals surface area contributed by atoms with Crippen molar-refractivity contribution in [3.05, 3.63) is 52.5 Å². The molecule has 2 aliphatic heterocycles. The van der Waals surface area contributed by atoms with Crippen molar-refractivity contribution in [3.8, 4) is 0 Å². The third-order valence-corrected chi connectivity index (χ3v) is 6.01. The van der Waals surface area contributed by atoms with E-state index in [1.165, 1.54) is 0 Å². The number of hydrogen-bond acceptors (Lipinski definition) is 3. The normalized spacial score (nSPS) is 16.2. The van der Waals surface area contributed by atoms with Crippen LogP contribution in [0.4, 0.5) is 11.4 Å². The van der Waals surface area contributed by atoms with Crippen LogP contribution < -0.4 is 9.62 Å². The first-order chi connectivity index (χ1) is 11.4. The van der Waals surface area contributed by atoms with Crippen LogP contribution in [0.25, 0.3) is 0 Å². The number of carbonyl (C=O) groups is 1. The molecule has 0 fully saturated rings. The van der Waals surface area contributed by atoms with Gasteiger partial charge in [-0.05, 0) is 54.3 Å². The number of anilines is 2. The number of amides is 1. The second-order valence-electron chi connectivity index (χ2n) is 6.00. The Morgan fingerprint density at radius 3 is 2.54 bits per heavy atom. The molecule has 5 nitrogen and oxygen atoms in total. The number of sulfonamides is 1. The van der Waals surface area contributed by atoms with Gasteiger partial charge in [0.25, 0.3) is 10.0 Å². The summed E-state index contributed by atoms with van der Waals surface area (Å²) in [5, 5.41) is 0.466. The van der Waals surface area contributed by atoms with Crippen molar-refractivity contribution in [2.75, 3.05) is 16.2 Å². The number of rotatable bonds is 3. The minimum atomic E-state index is -3.70. The molecule has 1 N–H and O–H groups in total. The lowest BCUT2D eigenvalue weighted by Gasteiger charge is -2.25. The highest BCUT2D eigenvalue weighted by molar-refractivity contribution is 7.92. The van der Waals surface area contributed by atoms with Gasteiger partial charge in [0.1, 0.15) is 0 Å². The molecule has 0 unspecified atom stereocenters. The fraction of sp³-hybridized carbons (Fsp3) is 0.235. The smallest absolute Gasteiger partial charge is 0.261 e. The molecule has 2 aliphatic rings. The fourth-order valence-electron chi connectivity index (χ4n) is 3.35. The monoisotopic (exact) mass is 362 g/mol. The molecule has 24 heavy (non-hydrogen) atoms. The van der Waals surface area contributed by atoms with Gasteiger partial charge >= 0.3 is 0 Å². The summed E-state index contributed by atoms with van der Waals surface area (Å²) >= 11 is 5.91. The van der Waals surface area contributed by atoms with Gasteiger partial charge in [0.15, 0.2) is 0 Å². The number of carbonyl (C=O) groups excluding carboxylic acids is 1. The summed E-state index contributed by atoms with van der Waals surface area (Å²) in [6, 6.07) is 9.94. The number of nitrogens with one attached hydrogen (secondary N) is 1. The van der Waals surface area contributed by atoms with Gasteiger partial charge in [0, 0.05) is 18.0 Å². The third-order valence-electron chi connectivity index (χ3n) is 4.41. The minimum absolute atomic E-state index is 0.119. The number of benzene rings is 2. The van der Waals surface area contributed by atoms with E-state index in [4.69, 9.17) is 11.6 Å². The summed E-state index contributed by atoms with van der Waals surface area (Å²) in [6.45, 7) is 0.631. The Balaban J connectivity index is 1.74. The Hall–Kier alpha value is -2.05. The second kappa shape index (κ2) is 5.50. The number of halogens is 1. The van der Waals surface area contributed by atoms with E-state index in [-0.39, 0.29) is 10.8 Å². The largest absolute Gasteiger partial charge is 0.312 e. The number of nitrogens with zero attached hydrogens (tertiary/aromatic N) is 1. The molecule has 0 bridgehead atoms. The van der Waals surface area contributed by atoms with E-state index in [0.717, 1.165) is 16.8 Å². The summed E-state index contributed by atoms with van der Waals surface area (Å²) in [5.41, 5.74) is 3.18. The molecule has 0 atom stereocenters. The SMILES string of the molecule is O=C1CCc2cc(S(=O)(=O)Nc3cccc(Cl)c3)cc3c2N1CC3. The Morgan fingerprint density at radius 2 is 1.79 bits per heavy atom. The van der Waals surface area contributed by atoms with Gasteiger partial charge in [0.05, 0.1) is 16.3 Å². The predicted octanol–water partition coefficient (Wildman–Crippen LogP) is 2.98. The number of aryl methyl sites for hydroxylation is 1. The first-order valence-corrected chi connectivity index (χ1v) is 9.55. The molecule has 0 aromatic heterocycles. The van der Waals surface area contributed by atoms with Crippen LogP contribution in [0.5, 0.6) is 0 Å². The summed E-state index contributed by atoms with van der Waals surface area (Å²) < 4.78 is 28.0. The number of hydrogen-bond donors (Lipinski definition) is 1. The molecular weight excluding hydrogens is 348 g/mol. The molecule has 0 saturated carbocycles. The summed E-state index contributed by atoms with van der Waals surface area (Å²) in [7, 11) is -3.70. The van der Waals surface area contributed by atoms with Crippen LogP contribution in [-0.4, -0.2) is 20.9 Å². The molecule has 124 valence electrons. The maximum atomic E-state index is 12.7. The van der Waals surface area contributed by atoms with Crippen molar-refractivity contribution in [1.82, 2.24) is 0 Å². The van der Waals surface area contributed by atoms with Crippen LogP contribution in [0.1, 0.15) is 17.5 Å². The molecule has 0 spiro atoms. The van der Waals surface area contributed by atoms with E-state index >= 15 is 0 Å². The van der Waals surface area contributed by atoms with E-state index in [1.807, 2.05) is 0 Å². The highest BCUT2D eigenvalue weighted by Crippen LogP contribution is 2.38. The quantitative estimate of drug-likeness (QED) is 0.912. The average molecular weight is 363 g/mol. The lowest BCUT2D eigenvalue weighted by atomic mass is 10.00. The van der Waals surface area contributed by atoms with E-state index in [1.54, 1.807) is 41.3 Å². The first-order valence-electron chi connectivity index (χ1n) is 7.68. The summed E-state index contributed by atoms with van der Waals surface area (Å²) in [6.07, 6.45) is 1.70. The molecule has 2 heterocycles. The molecular formula is C17H15ClN2O3S. The lowest BCUT2D eigenvalue weighted by molar-refractivity contribution is -0.118. The van der Waals surface area contributed by atoms with Crippen molar-refractivity contribution in [3.63, 3.8) is 0 Å². The summed E-state index contributed by atoms with van der Waals surface area (Å²) in [4.78, 5) is 14.0. The molecule has 4 rings (SSSR count). The Morgan fingerprint density at radius 1 is 1.04 bits per heavy atom. The van der Waals surface area contributed by atoms with Gasteiger partial charge in [-0.15, -0.1) is 0 Å². The Kier molecular flexibility index (Phi) is 3.54. The topological polar surface area (TPSA) is 66.5 Å². The highest BCUT2D eigenvalue weighted by atomic mass is 35.5. The average Bonchev–Trinajstić information content (AvgIpc) is 2.96. The zero-order valence-electron chi connectivity index (χ0n) is 12.8. The van der Waals surface area contributed by atoms with Crippen molar-refractivity contribution in [2.45, 2.75) is 24.2 Å². The van der Waals surface area contributed by atoms with E-state index in [0.29, 0.717) is 36.5 Å². The zero-order valence-corrected chi connectivity index (χ0v) is 14.3. The van der Waals surface area contributed by atoms with Crippen molar-refractivity contribution in [1.29, 1.82) is 0 Å². The van der Waals surface area contributed by atoms with Crippen LogP contribution in [0.3, 0.4) is 0 Å². The van der Waals surface area contributed by atoms with Gasteiger partial charge < -0.3 is 4.90 Å².